The fraction of sp³-hybridized carbons (Fsp3) is 0. The number of hydrogen-bond donors (Lipinski definition) is 0. The smallest absolute Gasteiger partial charge is 0.188 e. The first-order valence-electron chi connectivity index (χ1n) is 18.3. The maximum atomic E-state index is 10.3. The molecule has 0 fully saturated rings. The molecular weight excluding hydrogens is 667 g/mol. The molecule has 0 amide bonds. The van der Waals surface area contributed by atoms with Crippen LogP contribution in [0.3, 0.4) is 0 Å². The third-order valence-electron chi connectivity index (χ3n) is 10.7. The molecule has 0 saturated carbocycles. The van der Waals surface area contributed by atoms with Crippen molar-refractivity contribution in [2.24, 2.45) is 0 Å². The quantitative estimate of drug-likeness (QED) is 0.130. The number of rotatable bonds is 5. The Hall–Kier alpha value is -7.72. The van der Waals surface area contributed by atoms with Gasteiger partial charge in [-0.1, -0.05) is 133 Å². The van der Waals surface area contributed by atoms with Crippen molar-refractivity contribution in [3.8, 4) is 56.3 Å². The summed E-state index contributed by atoms with van der Waals surface area (Å²) in [7, 11) is 0. The summed E-state index contributed by atoms with van der Waals surface area (Å²) in [6.45, 7) is 8.09. The molecule has 10 aromatic rings. The van der Waals surface area contributed by atoms with Crippen molar-refractivity contribution >= 4 is 49.0 Å². The Labute approximate surface area is 319 Å². The van der Waals surface area contributed by atoms with Crippen LogP contribution >= 0.6 is 0 Å². The predicted octanol–water partition coefficient (Wildman–Crippen LogP) is 14.2. The summed E-state index contributed by atoms with van der Waals surface area (Å²) in [6.07, 6.45) is 0. The molecule has 10 rings (SSSR count). The van der Waals surface area contributed by atoms with Gasteiger partial charge in [-0.15, -0.1) is 0 Å². The minimum absolute atomic E-state index is 0.543. The molecular formula is C52H31N3. The van der Waals surface area contributed by atoms with E-state index >= 15 is 0 Å². The first kappa shape index (κ1) is 32.0. The number of nitriles is 1. The fourth-order valence-corrected chi connectivity index (χ4v) is 8.39. The molecule has 55 heavy (non-hydrogen) atoms. The highest BCUT2D eigenvalue weighted by Gasteiger charge is 2.18. The van der Waals surface area contributed by atoms with Gasteiger partial charge < -0.3 is 4.57 Å². The number of nitrogens with zero attached hydrogens (tertiary/aromatic N) is 3. The number of aromatic nitrogens is 1. The zero-order chi connectivity index (χ0) is 36.9. The molecule has 0 aliphatic carbocycles. The lowest BCUT2D eigenvalue weighted by atomic mass is 9.85. The summed E-state index contributed by atoms with van der Waals surface area (Å²) in [4.78, 5) is 3.92. The van der Waals surface area contributed by atoms with Gasteiger partial charge in [0.1, 0.15) is 0 Å². The summed E-state index contributed by atoms with van der Waals surface area (Å²) >= 11 is 0. The van der Waals surface area contributed by atoms with E-state index in [9.17, 15) is 5.26 Å². The molecule has 1 aromatic heterocycles. The molecule has 3 heteroatoms. The van der Waals surface area contributed by atoms with Crippen LogP contribution in [0.1, 0.15) is 5.56 Å². The van der Waals surface area contributed by atoms with Crippen LogP contribution in [0.25, 0.3) is 98.4 Å². The van der Waals surface area contributed by atoms with E-state index in [-0.39, 0.29) is 0 Å². The zero-order valence-electron chi connectivity index (χ0n) is 29.7. The minimum atomic E-state index is 0.543. The van der Waals surface area contributed by atoms with Gasteiger partial charge in [-0.3, -0.25) is 0 Å². The number of hydrogen-bond acceptors (Lipinski definition) is 1. The lowest BCUT2D eigenvalue weighted by Gasteiger charge is -2.18. The Morgan fingerprint density at radius 1 is 0.400 bits per heavy atom. The predicted molar refractivity (Wildman–Crippen MR) is 229 cm³/mol. The Kier molecular flexibility index (Phi) is 7.58. The minimum Gasteiger partial charge on any atom is -0.309 e. The van der Waals surface area contributed by atoms with E-state index in [1.54, 1.807) is 0 Å². The van der Waals surface area contributed by atoms with Gasteiger partial charge in [0.25, 0.3) is 0 Å². The summed E-state index contributed by atoms with van der Waals surface area (Å²) in [5.41, 5.74) is 12.6. The molecule has 0 spiro atoms. The van der Waals surface area contributed by atoms with E-state index in [4.69, 9.17) is 6.57 Å². The van der Waals surface area contributed by atoms with Crippen LogP contribution in [0.5, 0.6) is 0 Å². The van der Waals surface area contributed by atoms with E-state index in [1.807, 2.05) is 24.3 Å². The summed E-state index contributed by atoms with van der Waals surface area (Å²) in [5.74, 6) is 0. The van der Waals surface area contributed by atoms with Gasteiger partial charge in [-0.25, -0.2) is 4.85 Å². The molecule has 0 unspecified atom stereocenters. The highest BCUT2D eigenvalue weighted by atomic mass is 15.0. The van der Waals surface area contributed by atoms with Crippen molar-refractivity contribution in [2.45, 2.75) is 0 Å². The molecule has 0 aliphatic heterocycles. The fourth-order valence-electron chi connectivity index (χ4n) is 8.39. The van der Waals surface area contributed by atoms with Crippen molar-refractivity contribution < 1.29 is 0 Å². The molecule has 0 N–H and O–H groups in total. The maximum Gasteiger partial charge on any atom is 0.188 e. The second-order valence-corrected chi connectivity index (χ2v) is 13.9. The van der Waals surface area contributed by atoms with Crippen LogP contribution in [-0.2, 0) is 0 Å². The highest BCUT2D eigenvalue weighted by molar-refractivity contribution is 6.21. The Morgan fingerprint density at radius 2 is 0.855 bits per heavy atom. The van der Waals surface area contributed by atoms with Crippen LogP contribution in [0.4, 0.5) is 5.69 Å². The van der Waals surface area contributed by atoms with Crippen molar-refractivity contribution in [3.63, 3.8) is 0 Å². The van der Waals surface area contributed by atoms with Gasteiger partial charge >= 0.3 is 0 Å². The van der Waals surface area contributed by atoms with Crippen molar-refractivity contribution in [1.29, 1.82) is 5.26 Å². The van der Waals surface area contributed by atoms with Gasteiger partial charge in [-0.05, 0) is 121 Å². The monoisotopic (exact) mass is 697 g/mol. The summed E-state index contributed by atoms with van der Waals surface area (Å²) in [6, 6.07) is 67.9. The number of fused-ring (bicyclic) bond motifs is 5. The Morgan fingerprint density at radius 3 is 1.44 bits per heavy atom. The van der Waals surface area contributed by atoms with Crippen LogP contribution in [0, 0.1) is 17.9 Å². The molecule has 254 valence electrons. The van der Waals surface area contributed by atoms with Gasteiger partial charge in [0.2, 0.25) is 0 Å². The van der Waals surface area contributed by atoms with Gasteiger partial charge in [0.05, 0.1) is 29.2 Å². The molecule has 9 aromatic carbocycles. The third kappa shape index (κ3) is 5.35. The van der Waals surface area contributed by atoms with Crippen molar-refractivity contribution in [3.05, 3.63) is 205 Å². The molecule has 0 saturated heterocycles. The van der Waals surface area contributed by atoms with Crippen LogP contribution < -0.4 is 0 Å². The second kappa shape index (κ2) is 13.0. The number of para-hydroxylation sites is 2. The van der Waals surface area contributed by atoms with Gasteiger partial charge in [0.15, 0.2) is 5.69 Å². The first-order valence-corrected chi connectivity index (χ1v) is 18.3. The van der Waals surface area contributed by atoms with Crippen LogP contribution in [-0.4, -0.2) is 4.57 Å². The van der Waals surface area contributed by atoms with E-state index in [0.29, 0.717) is 11.3 Å². The van der Waals surface area contributed by atoms with Crippen molar-refractivity contribution in [1.82, 2.24) is 4.57 Å². The molecule has 0 atom stereocenters. The van der Waals surface area contributed by atoms with E-state index in [1.165, 1.54) is 38.2 Å². The topological polar surface area (TPSA) is 33.1 Å². The first-order chi connectivity index (χ1) is 27.2. The largest absolute Gasteiger partial charge is 0.309 e. The average Bonchev–Trinajstić information content (AvgIpc) is 3.60. The lowest BCUT2D eigenvalue weighted by molar-refractivity contribution is 1.18. The lowest BCUT2D eigenvalue weighted by Crippen LogP contribution is -1.96. The Balaban J connectivity index is 1.15. The standard InChI is InChI=1S/C52H31N3/c1-54-41-30-39(29-40(31-41)38-26-34(33-53)27-42(32-38)55-49-24-11-9-18-43(49)44-19-10-12-25-50(44)55)36-16-13-17-37(28-36)52-47-22-7-5-20-45(47)51(35-14-3-2-4-15-35)46-21-6-8-23-48(46)52/h2-32H. The van der Waals surface area contributed by atoms with Crippen molar-refractivity contribution in [2.75, 3.05) is 0 Å². The average molecular weight is 698 g/mol. The molecule has 3 nitrogen and oxygen atoms in total. The molecule has 0 radical (unpaired) electrons. The highest BCUT2D eigenvalue weighted by Crippen LogP contribution is 2.44. The molecule has 1 heterocycles. The van der Waals surface area contributed by atoms with Crippen LogP contribution in [0.2, 0.25) is 0 Å². The normalized spacial score (nSPS) is 11.2. The van der Waals surface area contributed by atoms with Crippen LogP contribution in [0.15, 0.2) is 188 Å². The van der Waals surface area contributed by atoms with Gasteiger partial charge in [-0.2, -0.15) is 5.26 Å². The SMILES string of the molecule is [C-]#[N+]c1cc(-c2cccc(-c3c4ccccc4c(-c4ccccc4)c4ccccc34)c2)cc(-c2cc(C#N)cc(-n3c4ccccc4c4ccccc43)c2)c1. The second-order valence-electron chi connectivity index (χ2n) is 13.9. The Bertz CT molecular complexity index is 3120. The van der Waals surface area contributed by atoms with Gasteiger partial charge in [0, 0.05) is 16.5 Å². The number of benzene rings is 9. The summed E-state index contributed by atoms with van der Waals surface area (Å²) < 4.78 is 2.23. The van der Waals surface area contributed by atoms with E-state index in [2.05, 4.69) is 179 Å². The third-order valence-corrected chi connectivity index (χ3v) is 10.7. The van der Waals surface area contributed by atoms with E-state index in [0.717, 1.165) is 55.3 Å². The maximum absolute atomic E-state index is 10.3. The summed E-state index contributed by atoms with van der Waals surface area (Å²) in [5, 5.41) is 17.4. The molecule has 0 bridgehead atoms. The zero-order valence-corrected chi connectivity index (χ0v) is 29.7. The van der Waals surface area contributed by atoms with E-state index < -0.39 is 0 Å². The molecule has 0 aliphatic rings.